The molecular weight excluding hydrogens is 228 g/mol. The molecule has 18 heavy (non-hydrogen) atoms. The summed E-state index contributed by atoms with van der Waals surface area (Å²) in [7, 11) is 0. The van der Waals surface area contributed by atoms with Crippen molar-refractivity contribution in [1.82, 2.24) is 4.90 Å². The second kappa shape index (κ2) is 7.63. The van der Waals surface area contributed by atoms with Crippen LogP contribution in [0.4, 0.5) is 5.69 Å². The van der Waals surface area contributed by atoms with Gasteiger partial charge in [-0.2, -0.15) is 0 Å². The van der Waals surface area contributed by atoms with Gasteiger partial charge in [-0.15, -0.1) is 6.58 Å². The number of nitrogens with one attached hydrogen (secondary N) is 1. The van der Waals surface area contributed by atoms with Crippen LogP contribution in [-0.2, 0) is 11.3 Å². The van der Waals surface area contributed by atoms with Gasteiger partial charge in [-0.05, 0) is 17.7 Å². The number of aliphatic hydroxyl groups excluding tert-OH is 1. The predicted molar refractivity (Wildman–Crippen MR) is 73.3 cm³/mol. The molecule has 0 saturated heterocycles. The van der Waals surface area contributed by atoms with Gasteiger partial charge in [0, 0.05) is 32.2 Å². The van der Waals surface area contributed by atoms with Crippen LogP contribution in [0.2, 0.25) is 0 Å². The number of benzene rings is 1. The van der Waals surface area contributed by atoms with Gasteiger partial charge in [0.05, 0.1) is 6.61 Å². The standard InChI is InChI=1S/C14H20N2O2/c1-3-8-16(9-10-17)11-13-4-6-14(7-5-13)15-12(2)18/h3-7,17H,1,8-11H2,2H3,(H,15,18). The van der Waals surface area contributed by atoms with Crippen LogP contribution in [0.1, 0.15) is 12.5 Å². The molecule has 0 saturated carbocycles. The van der Waals surface area contributed by atoms with Crippen molar-refractivity contribution < 1.29 is 9.90 Å². The van der Waals surface area contributed by atoms with Gasteiger partial charge in [-0.1, -0.05) is 18.2 Å². The zero-order chi connectivity index (χ0) is 13.4. The average molecular weight is 248 g/mol. The van der Waals surface area contributed by atoms with E-state index in [1.165, 1.54) is 6.92 Å². The van der Waals surface area contributed by atoms with Crippen molar-refractivity contribution in [2.45, 2.75) is 13.5 Å². The number of carbonyl (C=O) groups excluding carboxylic acids is 1. The molecule has 0 spiro atoms. The summed E-state index contributed by atoms with van der Waals surface area (Å²) in [6, 6.07) is 7.70. The first-order chi connectivity index (χ1) is 8.65. The molecule has 0 aliphatic carbocycles. The molecule has 4 heteroatoms. The molecule has 1 aromatic rings. The highest BCUT2D eigenvalue weighted by Gasteiger charge is 2.03. The van der Waals surface area contributed by atoms with E-state index in [1.807, 2.05) is 30.3 Å². The largest absolute Gasteiger partial charge is 0.395 e. The molecule has 0 fully saturated rings. The van der Waals surface area contributed by atoms with Crippen LogP contribution in [0.5, 0.6) is 0 Å². The molecule has 0 atom stereocenters. The van der Waals surface area contributed by atoms with E-state index in [2.05, 4.69) is 16.8 Å². The van der Waals surface area contributed by atoms with Crippen LogP contribution >= 0.6 is 0 Å². The fraction of sp³-hybridized carbons (Fsp3) is 0.357. The van der Waals surface area contributed by atoms with Gasteiger partial charge < -0.3 is 10.4 Å². The minimum atomic E-state index is -0.0729. The summed E-state index contributed by atoms with van der Waals surface area (Å²) in [4.78, 5) is 13.0. The Balaban J connectivity index is 2.60. The first kappa shape index (κ1) is 14.4. The summed E-state index contributed by atoms with van der Waals surface area (Å²) in [6.45, 7) is 7.45. The lowest BCUT2D eigenvalue weighted by molar-refractivity contribution is -0.114. The second-order valence-electron chi connectivity index (χ2n) is 4.13. The fourth-order valence-electron chi connectivity index (χ4n) is 1.71. The highest BCUT2D eigenvalue weighted by molar-refractivity contribution is 5.88. The van der Waals surface area contributed by atoms with E-state index in [1.54, 1.807) is 0 Å². The van der Waals surface area contributed by atoms with Gasteiger partial charge in [-0.3, -0.25) is 9.69 Å². The third-order valence-electron chi connectivity index (χ3n) is 2.48. The molecule has 0 aromatic heterocycles. The lowest BCUT2D eigenvalue weighted by Crippen LogP contribution is -2.26. The minimum Gasteiger partial charge on any atom is -0.395 e. The van der Waals surface area contributed by atoms with Crippen molar-refractivity contribution in [3.05, 3.63) is 42.5 Å². The number of hydrogen-bond acceptors (Lipinski definition) is 3. The summed E-state index contributed by atoms with van der Waals surface area (Å²) < 4.78 is 0. The first-order valence-electron chi connectivity index (χ1n) is 5.96. The highest BCUT2D eigenvalue weighted by atomic mass is 16.3. The summed E-state index contributed by atoms with van der Waals surface area (Å²) >= 11 is 0. The Morgan fingerprint density at radius 1 is 1.44 bits per heavy atom. The van der Waals surface area contributed by atoms with Crippen LogP contribution < -0.4 is 5.32 Å². The minimum absolute atomic E-state index is 0.0729. The zero-order valence-electron chi connectivity index (χ0n) is 10.7. The van der Waals surface area contributed by atoms with Gasteiger partial charge >= 0.3 is 0 Å². The fourth-order valence-corrected chi connectivity index (χ4v) is 1.71. The zero-order valence-corrected chi connectivity index (χ0v) is 10.7. The maximum atomic E-state index is 10.9. The van der Waals surface area contributed by atoms with E-state index in [0.29, 0.717) is 6.54 Å². The number of anilines is 1. The van der Waals surface area contributed by atoms with E-state index >= 15 is 0 Å². The van der Waals surface area contributed by atoms with Crippen LogP contribution in [0.25, 0.3) is 0 Å². The van der Waals surface area contributed by atoms with Crippen LogP contribution in [-0.4, -0.2) is 35.6 Å². The smallest absolute Gasteiger partial charge is 0.221 e. The summed E-state index contributed by atoms with van der Waals surface area (Å²) in [5.74, 6) is -0.0729. The third-order valence-corrected chi connectivity index (χ3v) is 2.48. The lowest BCUT2D eigenvalue weighted by atomic mass is 10.2. The Bertz CT molecular complexity index is 387. The molecule has 98 valence electrons. The Kier molecular flexibility index (Phi) is 6.11. The first-order valence-corrected chi connectivity index (χ1v) is 5.96. The molecule has 0 bridgehead atoms. The van der Waals surface area contributed by atoms with Crippen LogP contribution in [0.3, 0.4) is 0 Å². The molecule has 0 unspecified atom stereocenters. The Morgan fingerprint density at radius 2 is 2.11 bits per heavy atom. The van der Waals surface area contributed by atoms with Crippen molar-refractivity contribution in [1.29, 1.82) is 0 Å². The number of nitrogens with zero attached hydrogens (tertiary/aromatic N) is 1. The Hall–Kier alpha value is -1.65. The summed E-state index contributed by atoms with van der Waals surface area (Å²) in [6.07, 6.45) is 1.82. The van der Waals surface area contributed by atoms with Crippen molar-refractivity contribution in [2.75, 3.05) is 25.0 Å². The van der Waals surface area contributed by atoms with Crippen LogP contribution in [0, 0.1) is 0 Å². The molecular formula is C14H20N2O2. The molecule has 1 rings (SSSR count). The second-order valence-corrected chi connectivity index (χ2v) is 4.13. The van der Waals surface area contributed by atoms with Crippen molar-refractivity contribution in [3.8, 4) is 0 Å². The van der Waals surface area contributed by atoms with E-state index in [9.17, 15) is 4.79 Å². The van der Waals surface area contributed by atoms with Gasteiger partial charge in [-0.25, -0.2) is 0 Å². The average Bonchev–Trinajstić information content (AvgIpc) is 2.31. The molecule has 0 aliphatic heterocycles. The predicted octanol–water partition coefficient (Wildman–Crippen LogP) is 1.63. The molecule has 4 nitrogen and oxygen atoms in total. The summed E-state index contributed by atoms with van der Waals surface area (Å²) in [5.41, 5.74) is 1.93. The van der Waals surface area contributed by atoms with Gasteiger partial charge in [0.25, 0.3) is 0 Å². The normalized spacial score (nSPS) is 10.4. The maximum Gasteiger partial charge on any atom is 0.221 e. The van der Waals surface area contributed by atoms with Crippen molar-refractivity contribution in [2.24, 2.45) is 0 Å². The lowest BCUT2D eigenvalue weighted by Gasteiger charge is -2.19. The Labute approximate surface area is 108 Å². The number of carbonyl (C=O) groups is 1. The SMILES string of the molecule is C=CCN(CCO)Cc1ccc(NC(C)=O)cc1. The Morgan fingerprint density at radius 3 is 2.61 bits per heavy atom. The van der Waals surface area contributed by atoms with E-state index in [4.69, 9.17) is 5.11 Å². The maximum absolute atomic E-state index is 10.9. The molecule has 2 N–H and O–H groups in total. The molecule has 0 aliphatic rings. The van der Waals surface area contributed by atoms with E-state index in [-0.39, 0.29) is 12.5 Å². The quantitative estimate of drug-likeness (QED) is 0.721. The highest BCUT2D eigenvalue weighted by Crippen LogP contribution is 2.11. The van der Waals surface area contributed by atoms with E-state index in [0.717, 1.165) is 24.3 Å². The monoisotopic (exact) mass is 248 g/mol. The van der Waals surface area contributed by atoms with E-state index < -0.39 is 0 Å². The topological polar surface area (TPSA) is 52.6 Å². The molecule has 1 amide bonds. The molecule has 0 radical (unpaired) electrons. The molecule has 1 aromatic carbocycles. The van der Waals surface area contributed by atoms with Gasteiger partial charge in [0.2, 0.25) is 5.91 Å². The molecule has 0 heterocycles. The number of aliphatic hydroxyl groups is 1. The number of hydrogen-bond donors (Lipinski definition) is 2. The van der Waals surface area contributed by atoms with Crippen molar-refractivity contribution >= 4 is 11.6 Å². The van der Waals surface area contributed by atoms with Crippen molar-refractivity contribution in [3.63, 3.8) is 0 Å². The van der Waals surface area contributed by atoms with Gasteiger partial charge in [0.15, 0.2) is 0 Å². The number of rotatable bonds is 7. The van der Waals surface area contributed by atoms with Crippen LogP contribution in [0.15, 0.2) is 36.9 Å². The van der Waals surface area contributed by atoms with Gasteiger partial charge in [0.1, 0.15) is 0 Å². The number of amides is 1. The summed E-state index contributed by atoms with van der Waals surface area (Å²) in [5, 5.41) is 11.7. The third kappa shape index (κ3) is 5.12.